The number of hydrogen-bond donors (Lipinski definition) is 1. The second kappa shape index (κ2) is 7.82. The molecule has 4 heteroatoms. The number of amides is 1. The van der Waals surface area contributed by atoms with Crippen LogP contribution >= 0.6 is 0 Å². The number of benzene rings is 1. The lowest BCUT2D eigenvalue weighted by molar-refractivity contribution is -0.131. The van der Waals surface area contributed by atoms with Gasteiger partial charge < -0.3 is 15.5 Å². The highest BCUT2D eigenvalue weighted by atomic mass is 16.2. The normalized spacial score (nSPS) is 25.4. The molecule has 1 saturated heterocycles. The molecule has 1 aromatic carbocycles. The Labute approximate surface area is 139 Å². The van der Waals surface area contributed by atoms with Crippen molar-refractivity contribution in [1.29, 1.82) is 0 Å². The molecule has 0 aromatic heterocycles. The molecule has 1 aromatic rings. The van der Waals surface area contributed by atoms with Crippen molar-refractivity contribution in [2.24, 2.45) is 11.7 Å². The average molecular weight is 315 g/mol. The van der Waals surface area contributed by atoms with E-state index in [9.17, 15) is 4.79 Å². The summed E-state index contributed by atoms with van der Waals surface area (Å²) >= 11 is 0. The Bertz CT molecular complexity index is 489. The Hall–Kier alpha value is -1.55. The third-order valence-electron chi connectivity index (χ3n) is 5.41. The summed E-state index contributed by atoms with van der Waals surface area (Å²) in [5.41, 5.74) is 7.21. The largest absolute Gasteiger partial charge is 0.368 e. The highest BCUT2D eigenvalue weighted by molar-refractivity contribution is 5.76. The van der Waals surface area contributed by atoms with Crippen molar-refractivity contribution >= 4 is 11.6 Å². The SMILES string of the molecule is NC1CCC(CCC(=O)N2CCN(c3ccccc3)CC2)CC1. The molecule has 0 atom stereocenters. The molecule has 2 N–H and O–H groups in total. The van der Waals surface area contributed by atoms with Crippen LogP contribution in [0.3, 0.4) is 0 Å². The van der Waals surface area contributed by atoms with Crippen molar-refractivity contribution in [2.75, 3.05) is 31.1 Å². The number of rotatable bonds is 4. The van der Waals surface area contributed by atoms with Crippen LogP contribution in [0.1, 0.15) is 38.5 Å². The number of nitrogens with zero attached hydrogens (tertiary/aromatic N) is 2. The highest BCUT2D eigenvalue weighted by Gasteiger charge is 2.23. The van der Waals surface area contributed by atoms with Crippen LogP contribution in [-0.4, -0.2) is 43.0 Å². The first-order chi connectivity index (χ1) is 11.2. The van der Waals surface area contributed by atoms with Crippen LogP contribution < -0.4 is 10.6 Å². The number of piperazine rings is 1. The molecule has 1 aliphatic heterocycles. The molecule has 0 spiro atoms. The molecule has 0 bridgehead atoms. The molecular weight excluding hydrogens is 286 g/mol. The Balaban J connectivity index is 1.40. The summed E-state index contributed by atoms with van der Waals surface area (Å²) in [6, 6.07) is 10.9. The monoisotopic (exact) mass is 315 g/mol. The molecule has 3 rings (SSSR count). The van der Waals surface area contributed by atoms with Gasteiger partial charge in [-0.3, -0.25) is 4.79 Å². The first-order valence-corrected chi connectivity index (χ1v) is 9.06. The summed E-state index contributed by atoms with van der Waals surface area (Å²) in [6.07, 6.45) is 6.44. The van der Waals surface area contributed by atoms with Crippen LogP contribution in [0.2, 0.25) is 0 Å². The van der Waals surface area contributed by atoms with Crippen LogP contribution in [0, 0.1) is 5.92 Å². The van der Waals surface area contributed by atoms with E-state index < -0.39 is 0 Å². The fraction of sp³-hybridized carbons (Fsp3) is 0.632. The fourth-order valence-electron chi connectivity index (χ4n) is 3.82. The van der Waals surface area contributed by atoms with Crippen LogP contribution in [0.15, 0.2) is 30.3 Å². The van der Waals surface area contributed by atoms with Gasteiger partial charge in [-0.2, -0.15) is 0 Å². The molecule has 2 fully saturated rings. The summed E-state index contributed by atoms with van der Waals surface area (Å²) in [5, 5.41) is 0. The van der Waals surface area contributed by atoms with Gasteiger partial charge in [-0.25, -0.2) is 0 Å². The smallest absolute Gasteiger partial charge is 0.222 e. The molecule has 0 unspecified atom stereocenters. The minimum atomic E-state index is 0.340. The maximum Gasteiger partial charge on any atom is 0.222 e. The predicted octanol–water partition coefficient (Wildman–Crippen LogP) is 2.63. The van der Waals surface area contributed by atoms with Crippen molar-refractivity contribution < 1.29 is 4.79 Å². The zero-order valence-corrected chi connectivity index (χ0v) is 14.0. The van der Waals surface area contributed by atoms with Crippen LogP contribution in [-0.2, 0) is 4.79 Å². The maximum atomic E-state index is 12.4. The molecule has 126 valence electrons. The lowest BCUT2D eigenvalue weighted by Crippen LogP contribution is -2.48. The van der Waals surface area contributed by atoms with Crippen molar-refractivity contribution in [3.8, 4) is 0 Å². The lowest BCUT2D eigenvalue weighted by atomic mass is 9.83. The third-order valence-corrected chi connectivity index (χ3v) is 5.41. The van der Waals surface area contributed by atoms with Crippen LogP contribution in [0.5, 0.6) is 0 Å². The molecule has 1 saturated carbocycles. The van der Waals surface area contributed by atoms with Gasteiger partial charge in [0.2, 0.25) is 5.91 Å². The molecule has 2 aliphatic rings. The molecular formula is C19H29N3O. The molecule has 4 nitrogen and oxygen atoms in total. The Kier molecular flexibility index (Phi) is 5.55. The van der Waals surface area contributed by atoms with E-state index >= 15 is 0 Å². The van der Waals surface area contributed by atoms with E-state index in [0.717, 1.165) is 45.4 Å². The second-order valence-corrected chi connectivity index (χ2v) is 7.02. The first-order valence-electron chi connectivity index (χ1n) is 9.06. The van der Waals surface area contributed by atoms with E-state index in [0.29, 0.717) is 24.3 Å². The van der Waals surface area contributed by atoms with E-state index in [2.05, 4.69) is 29.2 Å². The van der Waals surface area contributed by atoms with Gasteiger partial charge >= 0.3 is 0 Å². The maximum absolute atomic E-state index is 12.4. The minimum Gasteiger partial charge on any atom is -0.368 e. The van der Waals surface area contributed by atoms with Crippen LogP contribution in [0.25, 0.3) is 0 Å². The summed E-state index contributed by atoms with van der Waals surface area (Å²) < 4.78 is 0. The Morgan fingerprint density at radius 2 is 1.65 bits per heavy atom. The molecule has 1 heterocycles. The minimum absolute atomic E-state index is 0.340. The summed E-state index contributed by atoms with van der Waals surface area (Å²) in [5.74, 6) is 1.05. The van der Waals surface area contributed by atoms with Gasteiger partial charge in [0, 0.05) is 44.3 Å². The quantitative estimate of drug-likeness (QED) is 0.929. The number of nitrogens with two attached hydrogens (primary N) is 1. The molecule has 1 aliphatic carbocycles. The summed E-state index contributed by atoms with van der Waals surface area (Å²) in [7, 11) is 0. The average Bonchev–Trinajstić information content (AvgIpc) is 2.62. The standard InChI is InChI=1S/C19H29N3O/c20-17-9-6-16(7-10-17)8-11-19(23)22-14-12-21(13-15-22)18-4-2-1-3-5-18/h1-5,16-17H,6-15,20H2. The van der Waals surface area contributed by atoms with E-state index in [4.69, 9.17) is 5.73 Å². The van der Waals surface area contributed by atoms with Gasteiger partial charge in [0.15, 0.2) is 0 Å². The van der Waals surface area contributed by atoms with E-state index in [1.807, 2.05) is 11.0 Å². The molecule has 1 amide bonds. The topological polar surface area (TPSA) is 49.6 Å². The molecule has 0 radical (unpaired) electrons. The number of carbonyl (C=O) groups excluding carboxylic acids is 1. The van der Waals surface area contributed by atoms with Gasteiger partial charge in [0.1, 0.15) is 0 Å². The van der Waals surface area contributed by atoms with Crippen molar-refractivity contribution in [1.82, 2.24) is 4.90 Å². The van der Waals surface area contributed by atoms with Gasteiger partial charge in [-0.05, 0) is 50.2 Å². The van der Waals surface area contributed by atoms with E-state index in [1.165, 1.54) is 18.5 Å². The fourth-order valence-corrected chi connectivity index (χ4v) is 3.82. The van der Waals surface area contributed by atoms with Gasteiger partial charge in [-0.1, -0.05) is 18.2 Å². The zero-order chi connectivity index (χ0) is 16.1. The number of anilines is 1. The van der Waals surface area contributed by atoms with Gasteiger partial charge in [0.05, 0.1) is 0 Å². The lowest BCUT2D eigenvalue weighted by Gasteiger charge is -2.36. The summed E-state index contributed by atoms with van der Waals surface area (Å²) in [6.45, 7) is 3.58. The zero-order valence-electron chi connectivity index (χ0n) is 14.0. The van der Waals surface area contributed by atoms with E-state index in [-0.39, 0.29) is 0 Å². The van der Waals surface area contributed by atoms with E-state index in [1.54, 1.807) is 0 Å². The Morgan fingerprint density at radius 3 is 2.30 bits per heavy atom. The van der Waals surface area contributed by atoms with Gasteiger partial charge in [-0.15, -0.1) is 0 Å². The molecule has 23 heavy (non-hydrogen) atoms. The van der Waals surface area contributed by atoms with Gasteiger partial charge in [0.25, 0.3) is 0 Å². The second-order valence-electron chi connectivity index (χ2n) is 7.02. The third kappa shape index (κ3) is 4.47. The van der Waals surface area contributed by atoms with Crippen molar-refractivity contribution in [3.05, 3.63) is 30.3 Å². The van der Waals surface area contributed by atoms with Crippen molar-refractivity contribution in [3.63, 3.8) is 0 Å². The number of hydrogen-bond acceptors (Lipinski definition) is 3. The predicted molar refractivity (Wildman–Crippen MR) is 94.4 cm³/mol. The number of para-hydroxylation sites is 1. The summed E-state index contributed by atoms with van der Waals surface area (Å²) in [4.78, 5) is 16.8. The first kappa shape index (κ1) is 16.3. The number of carbonyl (C=O) groups is 1. The van der Waals surface area contributed by atoms with Crippen LogP contribution in [0.4, 0.5) is 5.69 Å². The van der Waals surface area contributed by atoms with Crippen molar-refractivity contribution in [2.45, 2.75) is 44.6 Å². The highest BCUT2D eigenvalue weighted by Crippen LogP contribution is 2.27. The Morgan fingerprint density at radius 1 is 1.00 bits per heavy atom.